The highest BCUT2D eigenvalue weighted by atomic mass is 35.5. The van der Waals surface area contributed by atoms with Gasteiger partial charge in [-0.3, -0.25) is 4.79 Å². The number of carbonyl (C=O) groups excluding carboxylic acids is 1. The molecule has 7 nitrogen and oxygen atoms in total. The molecule has 2 aromatic heterocycles. The van der Waals surface area contributed by atoms with Crippen LogP contribution in [0.25, 0.3) is 11.3 Å². The van der Waals surface area contributed by atoms with E-state index in [0.717, 1.165) is 36.5 Å². The Morgan fingerprint density at radius 1 is 1.21 bits per heavy atom. The second kappa shape index (κ2) is 7.98. The van der Waals surface area contributed by atoms with Crippen LogP contribution in [0.5, 0.6) is 0 Å². The first-order chi connectivity index (χ1) is 13.6. The lowest BCUT2D eigenvalue weighted by molar-refractivity contribution is -0.120. The van der Waals surface area contributed by atoms with Gasteiger partial charge in [-0.25, -0.2) is 0 Å². The molecule has 1 amide bonds. The third kappa shape index (κ3) is 4.14. The Hall–Kier alpha value is -2.93. The van der Waals surface area contributed by atoms with Crippen LogP contribution in [0.3, 0.4) is 0 Å². The molecule has 1 aliphatic rings. The number of anilines is 2. The van der Waals surface area contributed by atoms with Crippen LogP contribution in [0.4, 0.5) is 11.6 Å². The van der Waals surface area contributed by atoms with Crippen LogP contribution in [0.2, 0.25) is 5.02 Å². The van der Waals surface area contributed by atoms with Gasteiger partial charge < -0.3 is 14.7 Å². The first-order valence-corrected chi connectivity index (χ1v) is 9.55. The van der Waals surface area contributed by atoms with Gasteiger partial charge in [-0.1, -0.05) is 28.9 Å². The largest absolute Gasteiger partial charge is 0.360 e. The maximum atomic E-state index is 12.6. The van der Waals surface area contributed by atoms with Crippen molar-refractivity contribution in [1.82, 2.24) is 15.4 Å². The second-order valence-corrected chi connectivity index (χ2v) is 7.32. The Bertz CT molecular complexity index is 955. The zero-order chi connectivity index (χ0) is 19.5. The van der Waals surface area contributed by atoms with Gasteiger partial charge >= 0.3 is 0 Å². The predicted octanol–water partition coefficient (Wildman–Crippen LogP) is 3.95. The minimum absolute atomic E-state index is 0.0521. The summed E-state index contributed by atoms with van der Waals surface area (Å²) in [5, 5.41) is 16.0. The fourth-order valence-electron chi connectivity index (χ4n) is 3.32. The number of aromatic nitrogens is 3. The number of benzene rings is 1. The van der Waals surface area contributed by atoms with E-state index in [-0.39, 0.29) is 11.8 Å². The van der Waals surface area contributed by atoms with Crippen LogP contribution >= 0.6 is 11.6 Å². The predicted molar refractivity (Wildman–Crippen MR) is 107 cm³/mol. The smallest absolute Gasteiger partial charge is 0.230 e. The Kier molecular flexibility index (Phi) is 5.25. The molecule has 1 aliphatic heterocycles. The van der Waals surface area contributed by atoms with Crippen LogP contribution < -0.4 is 10.2 Å². The molecule has 0 spiro atoms. The Labute approximate surface area is 167 Å². The summed E-state index contributed by atoms with van der Waals surface area (Å²) in [6.07, 6.45) is 1.74. The van der Waals surface area contributed by atoms with Crippen LogP contribution in [0, 0.1) is 12.8 Å². The highest BCUT2D eigenvalue weighted by Gasteiger charge is 2.27. The Morgan fingerprint density at radius 2 is 2.04 bits per heavy atom. The summed E-state index contributed by atoms with van der Waals surface area (Å²) in [6.45, 7) is 3.23. The van der Waals surface area contributed by atoms with Crippen LogP contribution in [-0.2, 0) is 4.79 Å². The van der Waals surface area contributed by atoms with Gasteiger partial charge in [-0.05, 0) is 44.0 Å². The summed E-state index contributed by atoms with van der Waals surface area (Å²) in [7, 11) is 0. The number of rotatable bonds is 4. The molecule has 1 atom stereocenters. The van der Waals surface area contributed by atoms with Gasteiger partial charge in [0.15, 0.2) is 11.6 Å². The summed E-state index contributed by atoms with van der Waals surface area (Å²) in [5.41, 5.74) is 1.75. The Balaban J connectivity index is 1.42. The minimum Gasteiger partial charge on any atom is -0.360 e. The molecule has 8 heteroatoms. The van der Waals surface area contributed by atoms with Gasteiger partial charge in [0.05, 0.1) is 11.6 Å². The summed E-state index contributed by atoms with van der Waals surface area (Å²) in [5.74, 6) is 1.70. The van der Waals surface area contributed by atoms with Crippen molar-refractivity contribution in [3.05, 3.63) is 53.2 Å². The summed E-state index contributed by atoms with van der Waals surface area (Å²) in [4.78, 5) is 14.7. The van der Waals surface area contributed by atoms with Crippen molar-refractivity contribution in [3.8, 4) is 11.3 Å². The van der Waals surface area contributed by atoms with E-state index in [9.17, 15) is 4.79 Å². The molecule has 1 saturated heterocycles. The lowest BCUT2D eigenvalue weighted by Crippen LogP contribution is -2.41. The molecule has 144 valence electrons. The maximum absolute atomic E-state index is 12.6. The zero-order valence-electron chi connectivity index (χ0n) is 15.4. The third-order valence-corrected chi connectivity index (χ3v) is 5.04. The number of aryl methyl sites for hydroxylation is 1. The standard InChI is InChI=1S/C20H20ClN5O2/c1-13-11-18(25-28-13)22-20(27)15-3-2-10-26(12-15)19-9-8-17(23-24-19)14-4-6-16(21)7-5-14/h4-9,11,15H,2-3,10,12H2,1H3,(H,22,25,27)/t15-/m0/s1. The highest BCUT2D eigenvalue weighted by Crippen LogP contribution is 2.25. The number of hydrogen-bond donors (Lipinski definition) is 1. The van der Waals surface area contributed by atoms with Crippen molar-refractivity contribution in [3.63, 3.8) is 0 Å². The highest BCUT2D eigenvalue weighted by molar-refractivity contribution is 6.30. The SMILES string of the molecule is Cc1cc(NC(=O)[C@H]2CCCN(c3ccc(-c4ccc(Cl)cc4)nn3)C2)no1. The number of piperidine rings is 1. The van der Waals surface area contributed by atoms with E-state index in [2.05, 4.69) is 25.6 Å². The zero-order valence-corrected chi connectivity index (χ0v) is 16.2. The molecule has 1 aromatic carbocycles. The quantitative estimate of drug-likeness (QED) is 0.717. The number of nitrogens with one attached hydrogen (secondary N) is 1. The third-order valence-electron chi connectivity index (χ3n) is 4.79. The van der Waals surface area contributed by atoms with Crippen molar-refractivity contribution in [2.45, 2.75) is 19.8 Å². The van der Waals surface area contributed by atoms with Crippen LogP contribution in [0.15, 0.2) is 47.0 Å². The van der Waals surface area contributed by atoms with Gasteiger partial charge in [0.2, 0.25) is 5.91 Å². The average Bonchev–Trinajstić information content (AvgIpc) is 3.13. The molecule has 4 rings (SSSR count). The van der Waals surface area contributed by atoms with Gasteiger partial charge in [0.1, 0.15) is 5.76 Å². The molecule has 0 radical (unpaired) electrons. The molecule has 3 heterocycles. The van der Waals surface area contributed by atoms with Crippen LogP contribution in [0.1, 0.15) is 18.6 Å². The van der Waals surface area contributed by atoms with Gasteiger partial charge in [-0.15, -0.1) is 10.2 Å². The summed E-state index contributed by atoms with van der Waals surface area (Å²) >= 11 is 5.93. The molecular weight excluding hydrogens is 378 g/mol. The molecule has 28 heavy (non-hydrogen) atoms. The number of amides is 1. The molecule has 1 N–H and O–H groups in total. The monoisotopic (exact) mass is 397 g/mol. The molecule has 0 bridgehead atoms. The second-order valence-electron chi connectivity index (χ2n) is 6.88. The molecule has 0 saturated carbocycles. The Morgan fingerprint density at radius 3 is 2.71 bits per heavy atom. The van der Waals surface area contributed by atoms with Crippen molar-refractivity contribution in [1.29, 1.82) is 0 Å². The fraction of sp³-hybridized carbons (Fsp3) is 0.300. The fourth-order valence-corrected chi connectivity index (χ4v) is 3.45. The average molecular weight is 398 g/mol. The normalized spacial score (nSPS) is 16.8. The van der Waals surface area contributed by atoms with Gasteiger partial charge in [0, 0.05) is 29.7 Å². The molecule has 1 fully saturated rings. The maximum Gasteiger partial charge on any atom is 0.230 e. The first kappa shape index (κ1) is 18.4. The van der Waals surface area contributed by atoms with E-state index in [1.807, 2.05) is 36.4 Å². The minimum atomic E-state index is -0.136. The van der Waals surface area contributed by atoms with Crippen molar-refractivity contribution in [2.75, 3.05) is 23.3 Å². The number of hydrogen-bond acceptors (Lipinski definition) is 6. The van der Waals surface area contributed by atoms with E-state index >= 15 is 0 Å². The van der Waals surface area contributed by atoms with Gasteiger partial charge in [-0.2, -0.15) is 0 Å². The lowest BCUT2D eigenvalue weighted by Gasteiger charge is -2.32. The molecule has 0 aliphatic carbocycles. The van der Waals surface area contributed by atoms with Crippen molar-refractivity contribution in [2.24, 2.45) is 5.92 Å². The lowest BCUT2D eigenvalue weighted by atomic mass is 9.97. The first-order valence-electron chi connectivity index (χ1n) is 9.17. The van der Waals surface area contributed by atoms with Crippen LogP contribution in [-0.4, -0.2) is 34.4 Å². The van der Waals surface area contributed by atoms with E-state index in [1.54, 1.807) is 13.0 Å². The number of carbonyl (C=O) groups is 1. The van der Waals surface area contributed by atoms with Crippen molar-refractivity contribution < 1.29 is 9.32 Å². The molecular formula is C20H20ClN5O2. The number of halogens is 1. The molecule has 0 unspecified atom stereocenters. The van der Waals surface area contributed by atoms with E-state index in [4.69, 9.17) is 16.1 Å². The van der Waals surface area contributed by atoms with E-state index in [1.165, 1.54) is 0 Å². The van der Waals surface area contributed by atoms with Gasteiger partial charge in [0.25, 0.3) is 0 Å². The topological polar surface area (TPSA) is 84.2 Å². The van der Waals surface area contributed by atoms with E-state index < -0.39 is 0 Å². The summed E-state index contributed by atoms with van der Waals surface area (Å²) in [6, 6.07) is 13.1. The summed E-state index contributed by atoms with van der Waals surface area (Å²) < 4.78 is 5.00. The molecule has 3 aromatic rings. The number of nitrogens with zero attached hydrogens (tertiary/aromatic N) is 4. The van der Waals surface area contributed by atoms with E-state index in [0.29, 0.717) is 23.1 Å². The van der Waals surface area contributed by atoms with Crippen molar-refractivity contribution >= 4 is 29.1 Å².